The van der Waals surface area contributed by atoms with Crippen molar-refractivity contribution in [3.8, 4) is 0 Å². The van der Waals surface area contributed by atoms with Crippen molar-refractivity contribution in [2.45, 2.75) is 89.0 Å². The first-order valence-electron chi connectivity index (χ1n) is 12.8. The van der Waals surface area contributed by atoms with Crippen LogP contribution in [0, 0.1) is 0 Å². The van der Waals surface area contributed by atoms with Gasteiger partial charge in [0.05, 0.1) is 5.56 Å². The second-order valence-electron chi connectivity index (χ2n) is 9.58. The Hall–Kier alpha value is -2.64. The van der Waals surface area contributed by atoms with Crippen LogP contribution in [0.3, 0.4) is 0 Å². The molecule has 1 aliphatic rings. The van der Waals surface area contributed by atoms with Crippen LogP contribution in [0.4, 0.5) is 33.3 Å². The fourth-order valence-electron chi connectivity index (χ4n) is 4.67. The third kappa shape index (κ3) is 8.79. The van der Waals surface area contributed by atoms with Crippen LogP contribution in [0.25, 0.3) is 0 Å². The summed E-state index contributed by atoms with van der Waals surface area (Å²) in [7, 11) is 0. The van der Waals surface area contributed by atoms with Crippen molar-refractivity contribution in [3.63, 3.8) is 0 Å². The number of anilines is 2. The highest BCUT2D eigenvalue weighted by Gasteiger charge is 2.29. The number of unbranched alkanes of at least 4 members (excludes halogenated alkanes) is 2. The first-order chi connectivity index (χ1) is 17.3. The first-order valence-corrected chi connectivity index (χ1v) is 12.8. The maximum absolute atomic E-state index is 13.0. The van der Waals surface area contributed by atoms with Crippen LogP contribution < -0.4 is 10.6 Å². The van der Waals surface area contributed by atoms with Gasteiger partial charge in [-0.15, -0.1) is 0 Å². The fourth-order valence-corrected chi connectivity index (χ4v) is 4.67. The number of carbonyl (C=O) groups excluding carboxylic acids is 1. The molecule has 2 N–H and O–H groups in total. The summed E-state index contributed by atoms with van der Waals surface area (Å²) >= 11 is 0. The number of hydrogen-bond donors (Lipinski definition) is 2. The molecule has 2 aromatic rings. The van der Waals surface area contributed by atoms with Crippen LogP contribution in [-0.2, 0) is 17.5 Å². The summed E-state index contributed by atoms with van der Waals surface area (Å²) in [6.45, 7) is -0.574. The third-order valence-electron chi connectivity index (χ3n) is 6.74. The highest BCUT2D eigenvalue weighted by Crippen LogP contribution is 2.38. The molecule has 2 aromatic carbocycles. The second-order valence-corrected chi connectivity index (χ2v) is 9.58. The van der Waals surface area contributed by atoms with E-state index in [9.17, 15) is 26.7 Å². The average Bonchev–Trinajstić information content (AvgIpc) is 2.88. The van der Waals surface area contributed by atoms with Gasteiger partial charge in [0.15, 0.2) is 0 Å². The minimum Gasteiger partial charge on any atom is -0.381 e. The zero-order chi connectivity index (χ0) is 26.0. The zero-order valence-corrected chi connectivity index (χ0v) is 20.5. The van der Waals surface area contributed by atoms with E-state index in [-0.39, 0.29) is 12.3 Å². The Bertz CT molecular complexity index is 955. The Labute approximate surface area is 209 Å². The topological polar surface area (TPSA) is 41.1 Å². The van der Waals surface area contributed by atoms with Crippen LogP contribution in [0.5, 0.6) is 0 Å². The van der Waals surface area contributed by atoms with E-state index >= 15 is 0 Å². The van der Waals surface area contributed by atoms with Crippen LogP contribution in [-0.4, -0.2) is 18.8 Å². The van der Waals surface area contributed by atoms with E-state index in [1.165, 1.54) is 18.6 Å². The van der Waals surface area contributed by atoms with Crippen molar-refractivity contribution in [3.05, 3.63) is 59.2 Å². The molecule has 1 atom stereocenters. The third-order valence-corrected chi connectivity index (χ3v) is 6.74. The molecule has 0 radical (unpaired) electrons. The summed E-state index contributed by atoms with van der Waals surface area (Å²) < 4.78 is 63.5. The van der Waals surface area contributed by atoms with Crippen LogP contribution in [0.1, 0.15) is 86.8 Å². The number of halogens is 5. The Morgan fingerprint density at radius 3 is 2.36 bits per heavy atom. The number of alkyl halides is 5. The molecule has 1 saturated carbocycles. The summed E-state index contributed by atoms with van der Waals surface area (Å²) in [6.07, 6.45) is 2.16. The monoisotopic (exact) mass is 510 g/mol. The van der Waals surface area contributed by atoms with Crippen molar-refractivity contribution in [1.82, 2.24) is 0 Å². The minimum absolute atomic E-state index is 0.0974. The number of amides is 1. The Balaban J connectivity index is 1.61. The quantitative estimate of drug-likeness (QED) is 0.222. The summed E-state index contributed by atoms with van der Waals surface area (Å²) in [5.41, 5.74) is 2.78. The highest BCUT2D eigenvalue weighted by atomic mass is 19.4. The van der Waals surface area contributed by atoms with Gasteiger partial charge < -0.3 is 10.6 Å². The van der Waals surface area contributed by atoms with E-state index in [2.05, 4.69) is 10.6 Å². The zero-order valence-electron chi connectivity index (χ0n) is 20.5. The highest BCUT2D eigenvalue weighted by molar-refractivity contribution is 5.92. The Kier molecular flexibility index (Phi) is 10.6. The van der Waals surface area contributed by atoms with Crippen molar-refractivity contribution < 1.29 is 26.7 Å². The smallest absolute Gasteiger partial charge is 0.381 e. The SMILES string of the molecule is O=C(CCCCCC(F)CF)Nc1ccc(NCc2ccc(C(F)(F)F)cc2)cc1C1CCCCC1. The molecule has 1 fully saturated rings. The number of rotatable bonds is 12. The number of nitrogens with one attached hydrogen (secondary N) is 2. The predicted octanol–water partition coefficient (Wildman–Crippen LogP) is 8.56. The van der Waals surface area contributed by atoms with Crippen LogP contribution in [0.2, 0.25) is 0 Å². The Morgan fingerprint density at radius 1 is 0.972 bits per heavy atom. The van der Waals surface area contributed by atoms with Crippen molar-refractivity contribution in [2.75, 3.05) is 17.3 Å². The molecule has 198 valence electrons. The molecule has 3 nitrogen and oxygen atoms in total. The van der Waals surface area contributed by atoms with Gasteiger partial charge in [-0.3, -0.25) is 4.79 Å². The summed E-state index contributed by atoms with van der Waals surface area (Å²) in [5, 5.41) is 6.32. The van der Waals surface area contributed by atoms with E-state index in [0.717, 1.165) is 60.3 Å². The van der Waals surface area contributed by atoms with Crippen molar-refractivity contribution in [2.24, 2.45) is 0 Å². The van der Waals surface area contributed by atoms with Crippen LogP contribution in [0.15, 0.2) is 42.5 Å². The normalized spacial score (nSPS) is 15.5. The van der Waals surface area contributed by atoms with Gasteiger partial charge in [0, 0.05) is 24.3 Å². The molecule has 0 saturated heterocycles. The molecule has 1 aliphatic carbocycles. The van der Waals surface area contributed by atoms with E-state index in [0.29, 0.717) is 38.1 Å². The predicted molar refractivity (Wildman–Crippen MR) is 134 cm³/mol. The molecule has 8 heteroatoms. The van der Waals surface area contributed by atoms with Gasteiger partial charge >= 0.3 is 6.18 Å². The lowest BCUT2D eigenvalue weighted by Crippen LogP contribution is -2.15. The lowest BCUT2D eigenvalue weighted by molar-refractivity contribution is -0.137. The van der Waals surface area contributed by atoms with Gasteiger partial charge in [-0.25, -0.2) is 8.78 Å². The standard InChI is InChI=1S/C28H35F5N2O/c29-18-23(30)9-5-2-6-10-27(36)35-26-16-15-24(17-25(26)21-7-3-1-4-8-21)34-19-20-11-13-22(14-12-20)28(31,32)33/h11-17,21,23,34H,1-10,18-19H2,(H,35,36). The summed E-state index contributed by atoms with van der Waals surface area (Å²) in [5.74, 6) is 0.240. The molecule has 0 heterocycles. The number of hydrogen-bond acceptors (Lipinski definition) is 2. The van der Waals surface area contributed by atoms with E-state index < -0.39 is 24.6 Å². The molecule has 0 aliphatic heterocycles. The molecule has 0 bridgehead atoms. The molecule has 36 heavy (non-hydrogen) atoms. The summed E-state index contributed by atoms with van der Waals surface area (Å²) in [6, 6.07) is 10.9. The number of carbonyl (C=O) groups is 1. The maximum Gasteiger partial charge on any atom is 0.416 e. The Morgan fingerprint density at radius 2 is 1.69 bits per heavy atom. The first kappa shape index (κ1) is 27.9. The van der Waals surface area contributed by atoms with E-state index in [1.807, 2.05) is 18.2 Å². The van der Waals surface area contributed by atoms with Gasteiger partial charge in [0.25, 0.3) is 0 Å². The molecular formula is C28H35F5N2O. The number of benzene rings is 2. The lowest BCUT2D eigenvalue weighted by atomic mass is 9.83. The van der Waals surface area contributed by atoms with Gasteiger partial charge in [0.2, 0.25) is 5.91 Å². The van der Waals surface area contributed by atoms with E-state index in [1.54, 1.807) is 0 Å². The largest absolute Gasteiger partial charge is 0.416 e. The van der Waals surface area contributed by atoms with Gasteiger partial charge in [-0.05, 0) is 73.1 Å². The lowest BCUT2D eigenvalue weighted by Gasteiger charge is -2.25. The minimum atomic E-state index is -4.35. The molecule has 1 amide bonds. The van der Waals surface area contributed by atoms with Gasteiger partial charge in [0.1, 0.15) is 12.8 Å². The fraction of sp³-hybridized carbons (Fsp3) is 0.536. The van der Waals surface area contributed by atoms with Crippen LogP contribution >= 0.6 is 0 Å². The molecular weight excluding hydrogens is 475 g/mol. The average molecular weight is 511 g/mol. The second kappa shape index (κ2) is 13.6. The summed E-state index contributed by atoms with van der Waals surface area (Å²) in [4.78, 5) is 12.6. The molecule has 0 spiro atoms. The van der Waals surface area contributed by atoms with Crippen molar-refractivity contribution in [1.29, 1.82) is 0 Å². The molecule has 0 aromatic heterocycles. The van der Waals surface area contributed by atoms with Gasteiger partial charge in [-0.1, -0.05) is 44.2 Å². The molecule has 1 unspecified atom stereocenters. The molecule has 3 rings (SSSR count). The maximum atomic E-state index is 13.0. The van der Waals surface area contributed by atoms with Gasteiger partial charge in [-0.2, -0.15) is 13.2 Å². The van der Waals surface area contributed by atoms with Crippen molar-refractivity contribution >= 4 is 17.3 Å². The van der Waals surface area contributed by atoms with E-state index in [4.69, 9.17) is 0 Å².